The number of nitrogens with zero attached hydrogens (tertiary/aromatic N) is 2. The predicted octanol–water partition coefficient (Wildman–Crippen LogP) is 3.86. The summed E-state index contributed by atoms with van der Waals surface area (Å²) in [6.45, 7) is 1.09. The van der Waals surface area contributed by atoms with E-state index in [1.807, 2.05) is 24.3 Å². The molecular formula is C16H16N4S. The van der Waals surface area contributed by atoms with Gasteiger partial charge < -0.3 is 10.6 Å². The van der Waals surface area contributed by atoms with Crippen molar-refractivity contribution in [2.75, 3.05) is 11.9 Å². The Balaban J connectivity index is 1.60. The van der Waals surface area contributed by atoms with E-state index in [0.717, 1.165) is 35.1 Å². The van der Waals surface area contributed by atoms with Gasteiger partial charge in [-0.25, -0.2) is 9.97 Å². The number of hydrogen-bond acceptors (Lipinski definition) is 5. The molecule has 3 aromatic rings. The fourth-order valence-electron chi connectivity index (χ4n) is 2.69. The third kappa shape index (κ3) is 2.62. The van der Waals surface area contributed by atoms with Crippen molar-refractivity contribution in [2.45, 2.75) is 18.9 Å². The third-order valence-electron chi connectivity index (χ3n) is 3.72. The van der Waals surface area contributed by atoms with Crippen LogP contribution in [0.15, 0.2) is 42.5 Å². The zero-order chi connectivity index (χ0) is 14.1. The second-order valence-electron chi connectivity index (χ2n) is 5.21. The molecule has 0 radical (unpaired) electrons. The molecule has 0 bridgehead atoms. The van der Waals surface area contributed by atoms with Crippen molar-refractivity contribution in [3.05, 3.63) is 48.2 Å². The van der Waals surface area contributed by atoms with E-state index in [2.05, 4.69) is 33.8 Å². The molecule has 1 aromatic carbocycles. The van der Waals surface area contributed by atoms with Gasteiger partial charge in [0, 0.05) is 6.04 Å². The molecule has 0 amide bonds. The Morgan fingerprint density at radius 1 is 1.10 bits per heavy atom. The van der Waals surface area contributed by atoms with Gasteiger partial charge in [0.15, 0.2) is 5.13 Å². The monoisotopic (exact) mass is 296 g/mol. The molecule has 21 heavy (non-hydrogen) atoms. The van der Waals surface area contributed by atoms with Crippen LogP contribution < -0.4 is 10.6 Å². The Hall–Kier alpha value is -1.98. The number of fused-ring (bicyclic) bond motifs is 1. The Labute approximate surface area is 127 Å². The zero-order valence-corrected chi connectivity index (χ0v) is 12.4. The largest absolute Gasteiger partial charge is 0.316 e. The van der Waals surface area contributed by atoms with E-state index in [4.69, 9.17) is 4.98 Å². The lowest BCUT2D eigenvalue weighted by atomic mass is 10.1. The van der Waals surface area contributed by atoms with Crippen molar-refractivity contribution in [3.63, 3.8) is 0 Å². The first-order valence-electron chi connectivity index (χ1n) is 7.21. The van der Waals surface area contributed by atoms with Gasteiger partial charge in [0.2, 0.25) is 0 Å². The summed E-state index contributed by atoms with van der Waals surface area (Å²) in [6, 6.07) is 14.7. The van der Waals surface area contributed by atoms with Gasteiger partial charge in [-0.05, 0) is 43.7 Å². The molecule has 3 heterocycles. The van der Waals surface area contributed by atoms with E-state index in [9.17, 15) is 0 Å². The predicted molar refractivity (Wildman–Crippen MR) is 87.1 cm³/mol. The third-order valence-corrected chi connectivity index (χ3v) is 4.67. The summed E-state index contributed by atoms with van der Waals surface area (Å²) in [7, 11) is 0. The lowest BCUT2D eigenvalue weighted by molar-refractivity contribution is 0.629. The van der Waals surface area contributed by atoms with E-state index in [-0.39, 0.29) is 0 Å². The van der Waals surface area contributed by atoms with Gasteiger partial charge in [-0.1, -0.05) is 29.5 Å². The van der Waals surface area contributed by atoms with Gasteiger partial charge in [-0.15, -0.1) is 0 Å². The molecule has 0 spiro atoms. The van der Waals surface area contributed by atoms with Crippen LogP contribution in [0.25, 0.3) is 10.2 Å². The van der Waals surface area contributed by atoms with Crippen molar-refractivity contribution in [1.82, 2.24) is 15.3 Å². The molecule has 0 aliphatic carbocycles. The molecule has 4 nitrogen and oxygen atoms in total. The van der Waals surface area contributed by atoms with Crippen LogP contribution in [0.4, 0.5) is 10.9 Å². The number of pyridine rings is 1. The van der Waals surface area contributed by atoms with Gasteiger partial charge in [0.25, 0.3) is 0 Å². The number of anilines is 2. The average Bonchev–Trinajstić information content (AvgIpc) is 3.16. The SMILES string of the molecule is c1cc(Nc2nc3ccccc3s2)nc(C2CCCN2)c1. The molecule has 1 unspecified atom stereocenters. The van der Waals surface area contributed by atoms with Crippen molar-refractivity contribution in [3.8, 4) is 0 Å². The first-order valence-corrected chi connectivity index (χ1v) is 8.03. The van der Waals surface area contributed by atoms with E-state index in [1.54, 1.807) is 11.3 Å². The molecule has 1 aliphatic heterocycles. The number of aromatic nitrogens is 2. The number of para-hydroxylation sites is 1. The van der Waals surface area contributed by atoms with Crippen molar-refractivity contribution >= 4 is 32.5 Å². The van der Waals surface area contributed by atoms with Crippen molar-refractivity contribution in [2.24, 2.45) is 0 Å². The Morgan fingerprint density at radius 3 is 2.90 bits per heavy atom. The Bertz CT molecular complexity index is 729. The molecule has 1 fully saturated rings. The summed E-state index contributed by atoms with van der Waals surface area (Å²) in [6.07, 6.45) is 2.39. The molecule has 2 aromatic heterocycles. The van der Waals surface area contributed by atoms with E-state index in [0.29, 0.717) is 6.04 Å². The maximum atomic E-state index is 4.71. The topological polar surface area (TPSA) is 49.8 Å². The number of benzene rings is 1. The van der Waals surface area contributed by atoms with Crippen molar-refractivity contribution in [1.29, 1.82) is 0 Å². The highest BCUT2D eigenvalue weighted by atomic mass is 32.1. The average molecular weight is 296 g/mol. The molecule has 1 aliphatic rings. The van der Waals surface area contributed by atoms with Gasteiger partial charge in [0.1, 0.15) is 5.82 Å². The molecule has 5 heteroatoms. The zero-order valence-electron chi connectivity index (χ0n) is 11.5. The summed E-state index contributed by atoms with van der Waals surface area (Å²) in [5.41, 5.74) is 2.14. The minimum Gasteiger partial charge on any atom is -0.316 e. The van der Waals surface area contributed by atoms with E-state index in [1.165, 1.54) is 11.1 Å². The fourth-order valence-corrected chi connectivity index (χ4v) is 3.56. The maximum Gasteiger partial charge on any atom is 0.189 e. The fraction of sp³-hybridized carbons (Fsp3) is 0.250. The Morgan fingerprint density at radius 2 is 2.05 bits per heavy atom. The summed E-state index contributed by atoms with van der Waals surface area (Å²) in [5.74, 6) is 0.861. The van der Waals surface area contributed by atoms with Crippen LogP contribution in [0.5, 0.6) is 0 Å². The molecule has 106 valence electrons. The van der Waals surface area contributed by atoms with Crippen LogP contribution in [0, 0.1) is 0 Å². The minimum atomic E-state index is 0.391. The summed E-state index contributed by atoms with van der Waals surface area (Å²) in [4.78, 5) is 9.30. The number of nitrogens with one attached hydrogen (secondary N) is 2. The van der Waals surface area contributed by atoms with Crippen LogP contribution in [-0.4, -0.2) is 16.5 Å². The highest BCUT2D eigenvalue weighted by Crippen LogP contribution is 2.28. The van der Waals surface area contributed by atoms with Gasteiger partial charge in [-0.2, -0.15) is 0 Å². The molecule has 4 rings (SSSR count). The Kier molecular flexibility index (Phi) is 3.29. The highest BCUT2D eigenvalue weighted by molar-refractivity contribution is 7.22. The smallest absolute Gasteiger partial charge is 0.189 e. The van der Waals surface area contributed by atoms with Crippen LogP contribution in [0.2, 0.25) is 0 Å². The first-order chi connectivity index (χ1) is 10.4. The number of hydrogen-bond donors (Lipinski definition) is 2. The molecular weight excluding hydrogens is 280 g/mol. The van der Waals surface area contributed by atoms with Gasteiger partial charge in [-0.3, -0.25) is 0 Å². The summed E-state index contributed by atoms with van der Waals surface area (Å²) >= 11 is 1.65. The second kappa shape index (κ2) is 5.42. The second-order valence-corrected chi connectivity index (χ2v) is 6.24. The van der Waals surface area contributed by atoms with Crippen LogP contribution in [-0.2, 0) is 0 Å². The number of thiazole rings is 1. The summed E-state index contributed by atoms with van der Waals surface area (Å²) < 4.78 is 1.19. The minimum absolute atomic E-state index is 0.391. The lowest BCUT2D eigenvalue weighted by Gasteiger charge is -2.11. The standard InChI is InChI=1S/C16H16N4S/c1-2-8-14-13(5-1)19-16(21-14)20-15-9-3-6-12(18-15)11-7-4-10-17-11/h1-3,5-6,8-9,11,17H,4,7,10H2,(H,18,19,20). The highest BCUT2D eigenvalue weighted by Gasteiger charge is 2.17. The normalized spacial score (nSPS) is 18.2. The van der Waals surface area contributed by atoms with Gasteiger partial charge in [0.05, 0.1) is 15.9 Å². The van der Waals surface area contributed by atoms with Crippen LogP contribution in [0.3, 0.4) is 0 Å². The molecule has 1 atom stereocenters. The van der Waals surface area contributed by atoms with E-state index < -0.39 is 0 Å². The maximum absolute atomic E-state index is 4.71. The first kappa shape index (κ1) is 12.7. The molecule has 1 saturated heterocycles. The summed E-state index contributed by atoms with van der Waals surface area (Å²) in [5, 5.41) is 7.70. The quantitative estimate of drug-likeness (QED) is 0.770. The van der Waals surface area contributed by atoms with Crippen molar-refractivity contribution < 1.29 is 0 Å². The lowest BCUT2D eigenvalue weighted by Crippen LogP contribution is -2.14. The molecule has 0 saturated carbocycles. The van der Waals surface area contributed by atoms with E-state index >= 15 is 0 Å². The van der Waals surface area contributed by atoms with Crippen LogP contribution in [0.1, 0.15) is 24.6 Å². The van der Waals surface area contributed by atoms with Gasteiger partial charge >= 0.3 is 0 Å². The van der Waals surface area contributed by atoms with Crippen LogP contribution >= 0.6 is 11.3 Å². The number of rotatable bonds is 3. The molecule has 2 N–H and O–H groups in total.